The molecule has 0 unspecified atom stereocenters. The molecule has 2 rings (SSSR count). The van der Waals surface area contributed by atoms with E-state index in [0.29, 0.717) is 23.7 Å². The number of carbonyl (C=O) groups excluding carboxylic acids is 1. The maximum atomic E-state index is 13.2. The smallest absolute Gasteiger partial charge is 0.321 e. The Bertz CT molecular complexity index is 962. The lowest BCUT2D eigenvalue weighted by Gasteiger charge is -2.23. The highest BCUT2D eigenvalue weighted by Crippen LogP contribution is 2.24. The van der Waals surface area contributed by atoms with E-state index in [0.717, 1.165) is 0 Å². The summed E-state index contributed by atoms with van der Waals surface area (Å²) >= 11 is 0. The Balaban J connectivity index is 2.12. The van der Waals surface area contributed by atoms with Gasteiger partial charge in [-0.15, -0.1) is 0 Å². The summed E-state index contributed by atoms with van der Waals surface area (Å²) in [6.07, 6.45) is -0.0394. The van der Waals surface area contributed by atoms with Crippen LogP contribution < -0.4 is 10.0 Å². The molecule has 2 aromatic rings. The van der Waals surface area contributed by atoms with Gasteiger partial charge in [-0.05, 0) is 24.2 Å². The van der Waals surface area contributed by atoms with Crippen molar-refractivity contribution < 1.29 is 31.5 Å². The number of benzene rings is 1. The van der Waals surface area contributed by atoms with Crippen molar-refractivity contribution in [3.8, 4) is 11.1 Å². The lowest BCUT2D eigenvalue weighted by Crippen LogP contribution is -2.47. The molecule has 0 aliphatic rings. The number of amides is 1. The summed E-state index contributed by atoms with van der Waals surface area (Å²) in [7, 11) is -2.13. The minimum absolute atomic E-state index is 0.228. The number of halogens is 3. The Hall–Kier alpha value is -2.50. The van der Waals surface area contributed by atoms with Crippen LogP contribution in [0.2, 0.25) is 0 Å². The molecule has 0 aliphatic heterocycles. The normalized spacial score (nSPS) is 14.2. The fraction of sp³-hybridized carbons (Fsp3) is 0.368. The number of hydrogen-bond acceptors (Lipinski definition) is 5. The van der Waals surface area contributed by atoms with Crippen LogP contribution in [-0.4, -0.2) is 50.1 Å². The highest BCUT2D eigenvalue weighted by Gasteiger charge is 2.35. The van der Waals surface area contributed by atoms with Gasteiger partial charge in [0.2, 0.25) is 10.0 Å². The quantitative estimate of drug-likeness (QED) is 0.547. The number of aromatic nitrogens is 1. The van der Waals surface area contributed by atoms with Crippen LogP contribution in [0.4, 0.5) is 13.2 Å². The van der Waals surface area contributed by atoms with Gasteiger partial charge in [0.25, 0.3) is 5.91 Å². The number of aliphatic hydroxyl groups is 1. The molecular formula is C19H22F3N3O4S. The van der Waals surface area contributed by atoms with Gasteiger partial charge in [-0.2, -0.15) is 8.78 Å². The van der Waals surface area contributed by atoms with E-state index in [1.807, 2.05) is 0 Å². The van der Waals surface area contributed by atoms with E-state index in [9.17, 15) is 31.5 Å². The second-order valence-electron chi connectivity index (χ2n) is 6.69. The maximum Gasteiger partial charge on any atom is 0.321 e. The Kier molecular flexibility index (Phi) is 7.56. The van der Waals surface area contributed by atoms with Gasteiger partial charge >= 0.3 is 5.92 Å². The molecule has 0 radical (unpaired) electrons. The number of carbonyl (C=O) groups is 1. The molecule has 0 bridgehead atoms. The van der Waals surface area contributed by atoms with E-state index < -0.39 is 40.7 Å². The Labute approximate surface area is 172 Å². The predicted molar refractivity (Wildman–Crippen MR) is 105 cm³/mol. The minimum Gasteiger partial charge on any atom is -0.386 e. The van der Waals surface area contributed by atoms with E-state index in [1.165, 1.54) is 25.4 Å². The molecule has 0 fully saturated rings. The molecule has 3 N–H and O–H groups in total. The van der Waals surface area contributed by atoms with E-state index in [4.69, 9.17) is 0 Å². The first-order valence-corrected chi connectivity index (χ1v) is 10.5. The van der Waals surface area contributed by atoms with Crippen molar-refractivity contribution >= 4 is 15.9 Å². The topological polar surface area (TPSA) is 108 Å². The molecule has 0 saturated carbocycles. The van der Waals surface area contributed by atoms with Gasteiger partial charge < -0.3 is 10.4 Å². The second-order valence-corrected chi connectivity index (χ2v) is 8.62. The van der Waals surface area contributed by atoms with Gasteiger partial charge in [0.1, 0.15) is 18.5 Å². The number of nitrogens with zero attached hydrogens (tertiary/aromatic N) is 1. The molecule has 11 heteroatoms. The highest BCUT2D eigenvalue weighted by atomic mass is 32.2. The predicted octanol–water partition coefficient (Wildman–Crippen LogP) is 1.94. The summed E-state index contributed by atoms with van der Waals surface area (Å²) in [6, 6.07) is 7.86. The average molecular weight is 445 g/mol. The van der Waals surface area contributed by atoms with Crippen molar-refractivity contribution in [3.05, 3.63) is 53.9 Å². The largest absolute Gasteiger partial charge is 0.386 e. The van der Waals surface area contributed by atoms with Gasteiger partial charge in [0, 0.05) is 18.7 Å². The summed E-state index contributed by atoms with van der Waals surface area (Å²) in [4.78, 5) is 15.5. The first-order chi connectivity index (χ1) is 14.0. The lowest BCUT2D eigenvalue weighted by atomic mass is 9.99. The number of nitrogens with one attached hydrogen (secondary N) is 2. The van der Waals surface area contributed by atoms with Crippen LogP contribution in [0.5, 0.6) is 0 Å². The Morgan fingerprint density at radius 3 is 2.23 bits per heavy atom. The van der Waals surface area contributed by atoms with Gasteiger partial charge in [-0.3, -0.25) is 9.78 Å². The van der Waals surface area contributed by atoms with Crippen LogP contribution >= 0.6 is 0 Å². The number of hydrogen-bond donors (Lipinski definition) is 3. The van der Waals surface area contributed by atoms with Gasteiger partial charge in [-0.1, -0.05) is 30.3 Å². The monoisotopic (exact) mass is 445 g/mol. The summed E-state index contributed by atoms with van der Waals surface area (Å²) < 4.78 is 64.5. The van der Waals surface area contributed by atoms with Crippen LogP contribution in [0.3, 0.4) is 0 Å². The Morgan fingerprint density at radius 1 is 1.17 bits per heavy atom. The maximum absolute atomic E-state index is 13.2. The molecule has 164 valence electrons. The Morgan fingerprint density at radius 2 is 1.77 bits per heavy atom. The van der Waals surface area contributed by atoms with Crippen molar-refractivity contribution in [2.24, 2.45) is 0 Å². The zero-order valence-corrected chi connectivity index (χ0v) is 17.1. The van der Waals surface area contributed by atoms with Crippen molar-refractivity contribution in [2.75, 3.05) is 13.7 Å². The lowest BCUT2D eigenvalue weighted by molar-refractivity contribution is -0.145. The molecule has 0 spiro atoms. The molecule has 1 aromatic carbocycles. The molecule has 1 aromatic heterocycles. The second kappa shape index (κ2) is 9.54. The van der Waals surface area contributed by atoms with Crippen LogP contribution in [0, 0.1) is 0 Å². The molecule has 0 aliphatic carbocycles. The fourth-order valence-corrected chi connectivity index (χ4v) is 3.25. The molecule has 7 nitrogen and oxygen atoms in total. The first-order valence-electron chi connectivity index (χ1n) is 8.86. The summed E-state index contributed by atoms with van der Waals surface area (Å²) in [6.45, 7) is -0.849. The van der Waals surface area contributed by atoms with Crippen LogP contribution in [0.1, 0.15) is 24.3 Å². The van der Waals surface area contributed by atoms with E-state index >= 15 is 0 Å². The van der Waals surface area contributed by atoms with Gasteiger partial charge in [0.05, 0.1) is 11.7 Å². The molecule has 1 heterocycles. The van der Waals surface area contributed by atoms with Crippen LogP contribution in [-0.2, 0) is 20.6 Å². The molecule has 2 atom stereocenters. The fourth-order valence-electron chi connectivity index (χ4n) is 2.55. The highest BCUT2D eigenvalue weighted by molar-refractivity contribution is 7.88. The molecule has 0 saturated heterocycles. The number of alkyl halides is 3. The molecule has 1 amide bonds. The third-order valence-corrected chi connectivity index (χ3v) is 5.62. The van der Waals surface area contributed by atoms with E-state index in [-0.39, 0.29) is 11.3 Å². The van der Waals surface area contributed by atoms with Crippen molar-refractivity contribution in [2.45, 2.75) is 30.7 Å². The summed E-state index contributed by atoms with van der Waals surface area (Å²) in [5.41, 5.74) is 1.94. The van der Waals surface area contributed by atoms with Gasteiger partial charge in [0.15, 0.2) is 0 Å². The van der Waals surface area contributed by atoms with Crippen LogP contribution in [0.25, 0.3) is 11.1 Å². The number of aliphatic hydroxyl groups excluding tert-OH is 1. The number of sulfonamides is 1. The van der Waals surface area contributed by atoms with Crippen molar-refractivity contribution in [3.63, 3.8) is 0 Å². The van der Waals surface area contributed by atoms with E-state index in [1.54, 1.807) is 29.6 Å². The zero-order valence-electron chi connectivity index (χ0n) is 16.3. The molecular weight excluding hydrogens is 423 g/mol. The third-order valence-electron chi connectivity index (χ3n) is 4.32. The summed E-state index contributed by atoms with van der Waals surface area (Å²) in [5, 5.41) is 12.1. The zero-order chi connectivity index (χ0) is 22.5. The van der Waals surface area contributed by atoms with Crippen LogP contribution in [0.15, 0.2) is 42.6 Å². The van der Waals surface area contributed by atoms with Gasteiger partial charge in [-0.25, -0.2) is 17.5 Å². The average Bonchev–Trinajstić information content (AvgIpc) is 2.71. The molecule has 30 heavy (non-hydrogen) atoms. The standard InChI is InChI=1S/C19H22F3N3O4S/c1-19(21,22)18(27)25-16(9-20)17(26)13-5-3-12(4-6-13)14-7-8-15(24-10-14)11-30(28,29)23-2/h3-8,10,16-17,23,26H,9,11H2,1-2H3,(H,25,27)/t16-,17-/m1/s1. The minimum atomic E-state index is -3.69. The SMILES string of the molecule is CNS(=O)(=O)Cc1ccc(-c2ccc([C@@H](O)[C@@H](CF)NC(=O)C(C)(F)F)cc2)cn1. The number of rotatable bonds is 9. The van der Waals surface area contributed by atoms with Crippen molar-refractivity contribution in [1.29, 1.82) is 0 Å². The third kappa shape index (κ3) is 6.25. The van der Waals surface area contributed by atoms with E-state index in [2.05, 4.69) is 9.71 Å². The van der Waals surface area contributed by atoms with Crippen molar-refractivity contribution in [1.82, 2.24) is 15.0 Å². The first kappa shape index (κ1) is 23.8. The summed E-state index contributed by atoms with van der Waals surface area (Å²) in [5.74, 6) is -5.63. The number of pyridine rings is 1.